The Bertz CT molecular complexity index is 625. The minimum absolute atomic E-state index is 0.0143. The van der Waals surface area contributed by atoms with Gasteiger partial charge in [0, 0.05) is 12.1 Å². The van der Waals surface area contributed by atoms with Gasteiger partial charge in [0.05, 0.1) is 11.6 Å². The third-order valence-electron chi connectivity index (χ3n) is 2.71. The average Bonchev–Trinajstić information content (AvgIpc) is 2.97. The molecule has 0 spiro atoms. The summed E-state index contributed by atoms with van der Waals surface area (Å²) in [6.07, 6.45) is 1.91. The third-order valence-corrected chi connectivity index (χ3v) is 2.71. The molecule has 1 amide bonds. The van der Waals surface area contributed by atoms with Crippen LogP contribution in [0.4, 0.5) is 0 Å². The first-order valence-electron chi connectivity index (χ1n) is 6.37. The zero-order valence-corrected chi connectivity index (χ0v) is 11.1. The highest BCUT2D eigenvalue weighted by atomic mass is 16.5. The van der Waals surface area contributed by atoms with E-state index in [4.69, 9.17) is 9.78 Å². The molecule has 0 aliphatic heterocycles. The predicted molar refractivity (Wildman–Crippen MR) is 71.7 cm³/mol. The molecule has 2 aromatic rings. The molecule has 1 N–H and O–H groups in total. The van der Waals surface area contributed by atoms with Crippen molar-refractivity contribution in [1.29, 1.82) is 5.26 Å². The molecule has 1 aromatic carbocycles. The van der Waals surface area contributed by atoms with Gasteiger partial charge in [-0.2, -0.15) is 10.2 Å². The van der Waals surface area contributed by atoms with E-state index < -0.39 is 0 Å². The minimum Gasteiger partial charge on any atom is -0.349 e. The molecule has 102 valence electrons. The number of aromatic nitrogens is 2. The van der Waals surface area contributed by atoms with E-state index in [-0.39, 0.29) is 17.6 Å². The van der Waals surface area contributed by atoms with E-state index in [2.05, 4.69) is 15.5 Å². The number of unbranched alkanes of at least 4 members (excludes halogenated alkanes) is 1. The van der Waals surface area contributed by atoms with Crippen molar-refractivity contribution >= 4 is 5.91 Å². The maximum Gasteiger partial charge on any atom is 0.292 e. The van der Waals surface area contributed by atoms with E-state index in [1.807, 2.05) is 13.0 Å². The number of rotatable bonds is 5. The van der Waals surface area contributed by atoms with Crippen LogP contribution in [0.3, 0.4) is 0 Å². The first-order chi connectivity index (χ1) is 9.74. The summed E-state index contributed by atoms with van der Waals surface area (Å²) < 4.78 is 5.05. The first kappa shape index (κ1) is 13.7. The van der Waals surface area contributed by atoms with Crippen molar-refractivity contribution in [1.82, 2.24) is 15.5 Å². The average molecular weight is 270 g/mol. The number of nitriles is 1. The van der Waals surface area contributed by atoms with E-state index in [1.54, 1.807) is 24.3 Å². The zero-order valence-electron chi connectivity index (χ0n) is 11.1. The summed E-state index contributed by atoms with van der Waals surface area (Å²) in [6, 6.07) is 8.73. The fourth-order valence-electron chi connectivity index (χ4n) is 1.58. The van der Waals surface area contributed by atoms with Crippen LogP contribution in [0.25, 0.3) is 11.5 Å². The van der Waals surface area contributed by atoms with Crippen molar-refractivity contribution in [3.8, 4) is 17.5 Å². The van der Waals surface area contributed by atoms with E-state index >= 15 is 0 Å². The summed E-state index contributed by atoms with van der Waals surface area (Å²) in [6.45, 7) is 2.64. The fourth-order valence-corrected chi connectivity index (χ4v) is 1.58. The van der Waals surface area contributed by atoms with E-state index in [1.165, 1.54) is 0 Å². The standard InChI is InChI=1S/C14H14N4O2/c1-2-3-8-16-13(19)12-17-14(20-18-12)11-6-4-10(9-15)5-7-11/h4-7H,2-3,8H2,1H3,(H,16,19). The van der Waals surface area contributed by atoms with Gasteiger partial charge in [0.2, 0.25) is 0 Å². The number of hydrogen-bond acceptors (Lipinski definition) is 5. The van der Waals surface area contributed by atoms with Crippen LogP contribution < -0.4 is 5.32 Å². The molecule has 0 aliphatic carbocycles. The fraction of sp³-hybridized carbons (Fsp3) is 0.286. The van der Waals surface area contributed by atoms with E-state index in [9.17, 15) is 4.79 Å². The highest BCUT2D eigenvalue weighted by molar-refractivity contribution is 5.90. The van der Waals surface area contributed by atoms with Crippen LogP contribution in [-0.2, 0) is 0 Å². The molecule has 6 heteroatoms. The summed E-state index contributed by atoms with van der Waals surface area (Å²) in [5.74, 6) is -0.0716. The van der Waals surface area contributed by atoms with Crippen LogP contribution in [0.5, 0.6) is 0 Å². The molecule has 0 fully saturated rings. The smallest absolute Gasteiger partial charge is 0.292 e. The van der Waals surface area contributed by atoms with Crippen LogP contribution in [0.15, 0.2) is 28.8 Å². The Morgan fingerprint density at radius 3 is 2.80 bits per heavy atom. The van der Waals surface area contributed by atoms with Gasteiger partial charge in [-0.05, 0) is 30.7 Å². The summed E-state index contributed by atoms with van der Waals surface area (Å²) in [4.78, 5) is 15.8. The van der Waals surface area contributed by atoms with Gasteiger partial charge in [0.1, 0.15) is 0 Å². The number of carbonyl (C=O) groups excluding carboxylic acids is 1. The molecule has 0 saturated heterocycles. The predicted octanol–water partition coefficient (Wildman–Crippen LogP) is 2.14. The minimum atomic E-state index is -0.345. The number of amides is 1. The molecule has 2 rings (SSSR count). The van der Waals surface area contributed by atoms with Gasteiger partial charge in [-0.25, -0.2) is 0 Å². The van der Waals surface area contributed by atoms with Crippen molar-refractivity contribution in [2.45, 2.75) is 19.8 Å². The van der Waals surface area contributed by atoms with Crippen LogP contribution in [0, 0.1) is 11.3 Å². The largest absolute Gasteiger partial charge is 0.349 e. The second-order valence-corrected chi connectivity index (χ2v) is 4.22. The highest BCUT2D eigenvalue weighted by Crippen LogP contribution is 2.17. The lowest BCUT2D eigenvalue weighted by molar-refractivity contribution is 0.0940. The molecule has 0 atom stereocenters. The topological polar surface area (TPSA) is 91.8 Å². The van der Waals surface area contributed by atoms with Crippen molar-refractivity contribution in [3.63, 3.8) is 0 Å². The highest BCUT2D eigenvalue weighted by Gasteiger charge is 2.15. The Kier molecular flexibility index (Phi) is 4.45. The number of carbonyl (C=O) groups is 1. The SMILES string of the molecule is CCCCNC(=O)c1noc(-c2ccc(C#N)cc2)n1. The zero-order chi connectivity index (χ0) is 14.4. The summed E-state index contributed by atoms with van der Waals surface area (Å²) >= 11 is 0. The van der Waals surface area contributed by atoms with Gasteiger partial charge in [0.25, 0.3) is 17.6 Å². The van der Waals surface area contributed by atoms with Gasteiger partial charge in [-0.1, -0.05) is 18.5 Å². The van der Waals surface area contributed by atoms with Crippen molar-refractivity contribution in [2.75, 3.05) is 6.54 Å². The van der Waals surface area contributed by atoms with Gasteiger partial charge < -0.3 is 9.84 Å². The Morgan fingerprint density at radius 2 is 2.15 bits per heavy atom. The molecule has 0 aliphatic rings. The van der Waals surface area contributed by atoms with Crippen molar-refractivity contribution in [3.05, 3.63) is 35.7 Å². The number of benzene rings is 1. The molecule has 0 bridgehead atoms. The molecule has 6 nitrogen and oxygen atoms in total. The number of hydrogen-bond donors (Lipinski definition) is 1. The monoisotopic (exact) mass is 270 g/mol. The summed E-state index contributed by atoms with van der Waals surface area (Å²) in [5.41, 5.74) is 1.22. The first-order valence-corrected chi connectivity index (χ1v) is 6.37. The Labute approximate surface area is 116 Å². The van der Waals surface area contributed by atoms with E-state index in [0.717, 1.165) is 12.8 Å². The van der Waals surface area contributed by atoms with Crippen LogP contribution in [0.1, 0.15) is 35.9 Å². The van der Waals surface area contributed by atoms with E-state index in [0.29, 0.717) is 17.7 Å². The third kappa shape index (κ3) is 3.20. The summed E-state index contributed by atoms with van der Waals surface area (Å²) in [7, 11) is 0. The molecule has 0 unspecified atom stereocenters. The molecule has 20 heavy (non-hydrogen) atoms. The molecule has 0 radical (unpaired) electrons. The van der Waals surface area contributed by atoms with Crippen LogP contribution in [-0.4, -0.2) is 22.6 Å². The molecule has 1 aromatic heterocycles. The van der Waals surface area contributed by atoms with Gasteiger partial charge in [0.15, 0.2) is 0 Å². The quantitative estimate of drug-likeness (QED) is 0.840. The van der Waals surface area contributed by atoms with Gasteiger partial charge in [-0.3, -0.25) is 4.79 Å². The summed E-state index contributed by atoms with van der Waals surface area (Å²) in [5, 5.41) is 15.1. The number of nitrogens with one attached hydrogen (secondary N) is 1. The van der Waals surface area contributed by atoms with Crippen molar-refractivity contribution in [2.24, 2.45) is 0 Å². The molecule has 1 heterocycles. The van der Waals surface area contributed by atoms with Crippen LogP contribution >= 0.6 is 0 Å². The normalized spacial score (nSPS) is 10.0. The molecule has 0 saturated carbocycles. The second kappa shape index (κ2) is 6.48. The lowest BCUT2D eigenvalue weighted by atomic mass is 10.1. The van der Waals surface area contributed by atoms with Crippen molar-refractivity contribution < 1.29 is 9.32 Å². The molecular weight excluding hydrogens is 256 g/mol. The number of nitrogens with zero attached hydrogens (tertiary/aromatic N) is 3. The molecular formula is C14H14N4O2. The lowest BCUT2D eigenvalue weighted by Gasteiger charge is -1.98. The van der Waals surface area contributed by atoms with Gasteiger partial charge >= 0.3 is 0 Å². The maximum atomic E-state index is 11.7. The Balaban J connectivity index is 2.08. The maximum absolute atomic E-state index is 11.7. The lowest BCUT2D eigenvalue weighted by Crippen LogP contribution is -2.25. The van der Waals surface area contributed by atoms with Crippen LogP contribution in [0.2, 0.25) is 0 Å². The second-order valence-electron chi connectivity index (χ2n) is 4.22. The van der Waals surface area contributed by atoms with Gasteiger partial charge in [-0.15, -0.1) is 0 Å². The Hall–Kier alpha value is -2.68. The Morgan fingerprint density at radius 1 is 1.40 bits per heavy atom.